The summed E-state index contributed by atoms with van der Waals surface area (Å²) in [5.41, 5.74) is 3.27. The van der Waals surface area contributed by atoms with E-state index in [9.17, 15) is 13.2 Å². The van der Waals surface area contributed by atoms with Gasteiger partial charge < -0.3 is 19.5 Å². The Hall–Kier alpha value is -2.65. The number of nitrogens with zero attached hydrogens (tertiary/aromatic N) is 2. The van der Waals surface area contributed by atoms with Gasteiger partial charge in [-0.3, -0.25) is 4.98 Å². The van der Waals surface area contributed by atoms with Gasteiger partial charge in [-0.25, -0.2) is 13.2 Å². The topological polar surface area (TPSA) is 106 Å². The predicted octanol–water partition coefficient (Wildman–Crippen LogP) is 3.75. The van der Waals surface area contributed by atoms with Gasteiger partial charge in [0, 0.05) is 44.3 Å². The molecule has 1 amide bonds. The molecule has 190 valence electrons. The predicted molar refractivity (Wildman–Crippen MR) is 133 cm³/mol. The van der Waals surface area contributed by atoms with Crippen LogP contribution < -0.4 is 4.74 Å². The highest BCUT2D eigenvalue weighted by atomic mass is 32.2. The lowest BCUT2D eigenvalue weighted by Crippen LogP contribution is -2.51. The van der Waals surface area contributed by atoms with Gasteiger partial charge in [-0.2, -0.15) is 0 Å². The third kappa shape index (κ3) is 6.32. The number of carbonyl (C=O) groups is 1. The Kier molecular flexibility index (Phi) is 7.66. The van der Waals surface area contributed by atoms with Crippen LogP contribution in [0.1, 0.15) is 50.7 Å². The largest absolute Gasteiger partial charge is 0.487 e. The number of fused-ring (bicyclic) bond motifs is 1. The minimum Gasteiger partial charge on any atom is -0.487 e. The van der Waals surface area contributed by atoms with E-state index in [-0.39, 0.29) is 42.3 Å². The van der Waals surface area contributed by atoms with Crippen molar-refractivity contribution < 1.29 is 27.8 Å². The van der Waals surface area contributed by atoms with E-state index in [1.807, 2.05) is 32.0 Å². The fourth-order valence-corrected chi connectivity index (χ4v) is 6.09. The number of sulfone groups is 1. The number of hydrogen-bond acceptors (Lipinski definition) is 7. The number of benzene rings is 1. The summed E-state index contributed by atoms with van der Waals surface area (Å²) >= 11 is 0. The molecule has 0 saturated carbocycles. The number of ether oxygens (including phenoxy) is 2. The van der Waals surface area contributed by atoms with E-state index < -0.39 is 9.84 Å². The van der Waals surface area contributed by atoms with Gasteiger partial charge in [0.05, 0.1) is 23.3 Å². The molecular formula is C26H34N2O6S. The molecule has 2 aromatic rings. The standard InChI is InChI=1S/C26H34N2O6S/c1-19(2)33-25(30)28-12-10-26(11-13-28)9-8-22-16-21(5-7-24(22)34-26)23-6-4-20(17-27-23)18-35(31,32)15-3-14-29/h4-7,16-17,19,29H,3,8-15,18H2,1-2H3. The average molecular weight is 503 g/mol. The second-order valence-electron chi connectivity index (χ2n) is 9.75. The molecule has 1 fully saturated rings. The first-order valence-corrected chi connectivity index (χ1v) is 14.0. The average Bonchev–Trinajstić information content (AvgIpc) is 2.83. The molecule has 0 unspecified atom stereocenters. The molecule has 2 aliphatic heterocycles. The van der Waals surface area contributed by atoms with Gasteiger partial charge in [0.2, 0.25) is 0 Å². The molecule has 1 spiro atoms. The van der Waals surface area contributed by atoms with Crippen molar-refractivity contribution in [3.8, 4) is 17.0 Å². The molecule has 0 atom stereocenters. The van der Waals surface area contributed by atoms with Gasteiger partial charge in [0.1, 0.15) is 11.4 Å². The SMILES string of the molecule is CC(C)OC(=O)N1CCC2(CCc3cc(-c4ccc(CS(=O)(=O)CCCO)cn4)ccc3O2)CC1. The quantitative estimate of drug-likeness (QED) is 0.615. The Morgan fingerprint density at radius 2 is 1.97 bits per heavy atom. The Morgan fingerprint density at radius 3 is 2.63 bits per heavy atom. The number of hydrogen-bond donors (Lipinski definition) is 1. The Balaban J connectivity index is 1.39. The van der Waals surface area contributed by atoms with Gasteiger partial charge in [-0.05, 0) is 68.5 Å². The lowest BCUT2D eigenvalue weighted by molar-refractivity contribution is -0.0172. The Morgan fingerprint density at radius 1 is 1.20 bits per heavy atom. The highest BCUT2D eigenvalue weighted by Crippen LogP contribution is 2.40. The van der Waals surface area contributed by atoms with Crippen LogP contribution in [0.4, 0.5) is 4.79 Å². The van der Waals surface area contributed by atoms with Crippen molar-refractivity contribution in [2.75, 3.05) is 25.4 Å². The van der Waals surface area contributed by atoms with Crippen LogP contribution in [0.25, 0.3) is 11.3 Å². The summed E-state index contributed by atoms with van der Waals surface area (Å²) in [7, 11) is -3.26. The maximum Gasteiger partial charge on any atom is 0.410 e. The number of piperidine rings is 1. The first-order chi connectivity index (χ1) is 16.7. The third-order valence-electron chi connectivity index (χ3n) is 6.63. The zero-order valence-corrected chi connectivity index (χ0v) is 21.2. The van der Waals surface area contributed by atoms with E-state index in [0.29, 0.717) is 18.7 Å². The smallest absolute Gasteiger partial charge is 0.410 e. The summed E-state index contributed by atoms with van der Waals surface area (Å²) in [5.74, 6) is 0.773. The third-order valence-corrected chi connectivity index (χ3v) is 8.31. The number of rotatable bonds is 7. The van der Waals surface area contributed by atoms with Crippen molar-refractivity contribution >= 4 is 15.9 Å². The van der Waals surface area contributed by atoms with Gasteiger partial charge >= 0.3 is 6.09 Å². The molecule has 4 rings (SSSR count). The molecule has 3 heterocycles. The van der Waals surface area contributed by atoms with E-state index in [4.69, 9.17) is 14.6 Å². The number of aliphatic hydroxyl groups is 1. The minimum atomic E-state index is -3.26. The highest BCUT2D eigenvalue weighted by molar-refractivity contribution is 7.90. The number of likely N-dealkylation sites (tertiary alicyclic amines) is 1. The molecule has 1 saturated heterocycles. The summed E-state index contributed by atoms with van der Waals surface area (Å²) in [6, 6.07) is 9.70. The van der Waals surface area contributed by atoms with E-state index in [0.717, 1.165) is 48.3 Å². The van der Waals surface area contributed by atoms with E-state index >= 15 is 0 Å². The molecule has 2 aliphatic rings. The Bertz CT molecular complexity index is 1140. The molecule has 0 radical (unpaired) electrons. The second kappa shape index (κ2) is 10.5. The number of aromatic nitrogens is 1. The second-order valence-corrected chi connectivity index (χ2v) is 11.9. The zero-order valence-electron chi connectivity index (χ0n) is 20.4. The first-order valence-electron chi connectivity index (χ1n) is 12.2. The number of amides is 1. The van der Waals surface area contributed by atoms with E-state index in [1.54, 1.807) is 17.2 Å². The molecule has 8 nitrogen and oxygen atoms in total. The van der Waals surface area contributed by atoms with Gasteiger partial charge in [0.25, 0.3) is 0 Å². The first kappa shape index (κ1) is 25.4. The molecular weight excluding hydrogens is 468 g/mol. The summed E-state index contributed by atoms with van der Waals surface area (Å²) in [6.07, 6.45) is 4.83. The van der Waals surface area contributed by atoms with Crippen LogP contribution in [0.3, 0.4) is 0 Å². The molecule has 0 aliphatic carbocycles. The zero-order chi connectivity index (χ0) is 25.1. The van der Waals surface area contributed by atoms with Crippen LogP contribution >= 0.6 is 0 Å². The van der Waals surface area contributed by atoms with Crippen LogP contribution in [0, 0.1) is 0 Å². The van der Waals surface area contributed by atoms with Crippen LogP contribution in [-0.2, 0) is 26.7 Å². The van der Waals surface area contributed by atoms with Gasteiger partial charge in [0.15, 0.2) is 9.84 Å². The van der Waals surface area contributed by atoms with E-state index in [2.05, 4.69) is 11.1 Å². The fourth-order valence-electron chi connectivity index (χ4n) is 4.70. The highest BCUT2D eigenvalue weighted by Gasteiger charge is 2.41. The maximum atomic E-state index is 12.2. The summed E-state index contributed by atoms with van der Waals surface area (Å²) in [5, 5.41) is 8.87. The molecule has 0 bridgehead atoms. The monoisotopic (exact) mass is 502 g/mol. The van der Waals surface area contributed by atoms with Crippen LogP contribution in [0.2, 0.25) is 0 Å². The summed E-state index contributed by atoms with van der Waals surface area (Å²) in [4.78, 5) is 18.5. The van der Waals surface area contributed by atoms with Crippen molar-refractivity contribution in [1.82, 2.24) is 9.88 Å². The lowest BCUT2D eigenvalue weighted by atomic mass is 9.83. The fraction of sp³-hybridized carbons (Fsp3) is 0.538. The van der Waals surface area contributed by atoms with Crippen molar-refractivity contribution in [2.24, 2.45) is 0 Å². The van der Waals surface area contributed by atoms with Gasteiger partial charge in [-0.1, -0.05) is 6.07 Å². The molecule has 9 heteroatoms. The normalized spacial score (nSPS) is 17.2. The summed E-state index contributed by atoms with van der Waals surface area (Å²) in [6.45, 7) is 4.84. The number of aliphatic hydroxyl groups excluding tert-OH is 1. The van der Waals surface area contributed by atoms with Crippen molar-refractivity contribution in [1.29, 1.82) is 0 Å². The molecule has 1 N–H and O–H groups in total. The van der Waals surface area contributed by atoms with E-state index in [1.165, 1.54) is 0 Å². The number of carbonyl (C=O) groups excluding carboxylic acids is 1. The Labute approximate surface area is 207 Å². The summed E-state index contributed by atoms with van der Waals surface area (Å²) < 4.78 is 36.0. The maximum absolute atomic E-state index is 12.2. The number of pyridine rings is 1. The van der Waals surface area contributed by atoms with Crippen molar-refractivity contribution in [3.63, 3.8) is 0 Å². The molecule has 1 aromatic carbocycles. The molecule has 35 heavy (non-hydrogen) atoms. The van der Waals surface area contributed by atoms with Gasteiger partial charge in [-0.15, -0.1) is 0 Å². The van der Waals surface area contributed by atoms with Crippen LogP contribution in [0.15, 0.2) is 36.5 Å². The van der Waals surface area contributed by atoms with Crippen molar-refractivity contribution in [3.05, 3.63) is 47.7 Å². The number of aryl methyl sites for hydroxylation is 1. The minimum absolute atomic E-state index is 0.0301. The molecule has 1 aromatic heterocycles. The van der Waals surface area contributed by atoms with Crippen LogP contribution in [-0.4, -0.2) is 66.7 Å². The van der Waals surface area contributed by atoms with Crippen molar-refractivity contribution in [2.45, 2.75) is 63.4 Å². The lowest BCUT2D eigenvalue weighted by Gasteiger charge is -2.44. The van der Waals surface area contributed by atoms with Crippen LogP contribution in [0.5, 0.6) is 5.75 Å².